The Kier molecular flexibility index (Phi) is 4.39. The molecular formula is C9H10ClFN2. The number of benzene rings is 1. The lowest BCUT2D eigenvalue weighted by atomic mass is 10.1. The number of halogens is 2. The average molecular weight is 201 g/mol. The van der Waals surface area contributed by atoms with E-state index in [0.29, 0.717) is 11.1 Å². The molecule has 0 aliphatic heterocycles. The summed E-state index contributed by atoms with van der Waals surface area (Å²) < 4.78 is 13.1. The minimum absolute atomic E-state index is 0. The summed E-state index contributed by atoms with van der Waals surface area (Å²) in [5.41, 5.74) is 6.24. The van der Waals surface area contributed by atoms with Crippen LogP contribution in [-0.2, 0) is 0 Å². The lowest BCUT2D eigenvalue weighted by molar-refractivity contribution is 0.593. The maximum Gasteiger partial charge on any atom is 0.129 e. The summed E-state index contributed by atoms with van der Waals surface area (Å²) in [4.78, 5) is 0. The summed E-state index contributed by atoms with van der Waals surface area (Å²) in [5.74, 6) is -0.413. The summed E-state index contributed by atoms with van der Waals surface area (Å²) >= 11 is 0. The predicted octanol–water partition coefficient (Wildman–Crippen LogP) is 2.14. The number of rotatable bonds is 1. The highest BCUT2D eigenvalue weighted by Gasteiger charge is 2.06. The number of nitrogens with zero attached hydrogens (tertiary/aromatic N) is 1. The maximum absolute atomic E-state index is 13.1. The molecule has 0 radical (unpaired) electrons. The van der Waals surface area contributed by atoms with Gasteiger partial charge in [0.25, 0.3) is 0 Å². The molecule has 2 N–H and O–H groups in total. The molecule has 1 aromatic rings. The van der Waals surface area contributed by atoms with Crippen molar-refractivity contribution in [2.75, 3.05) is 0 Å². The van der Waals surface area contributed by atoms with Crippen molar-refractivity contribution < 1.29 is 4.39 Å². The van der Waals surface area contributed by atoms with Gasteiger partial charge in [-0.2, -0.15) is 5.26 Å². The summed E-state index contributed by atoms with van der Waals surface area (Å²) in [7, 11) is 0. The van der Waals surface area contributed by atoms with Crippen molar-refractivity contribution in [2.24, 2.45) is 5.73 Å². The molecule has 0 bridgehead atoms. The van der Waals surface area contributed by atoms with Crippen LogP contribution in [-0.4, -0.2) is 0 Å². The first-order valence-electron chi connectivity index (χ1n) is 3.60. The van der Waals surface area contributed by atoms with Gasteiger partial charge < -0.3 is 5.73 Å². The molecule has 4 heteroatoms. The van der Waals surface area contributed by atoms with Crippen molar-refractivity contribution in [3.05, 3.63) is 35.1 Å². The predicted molar refractivity (Wildman–Crippen MR) is 51.0 cm³/mol. The number of nitriles is 1. The van der Waals surface area contributed by atoms with Crippen LogP contribution in [0.3, 0.4) is 0 Å². The van der Waals surface area contributed by atoms with Gasteiger partial charge in [0.1, 0.15) is 5.82 Å². The van der Waals surface area contributed by atoms with E-state index in [4.69, 9.17) is 11.0 Å². The van der Waals surface area contributed by atoms with Crippen LogP contribution in [0.5, 0.6) is 0 Å². The molecule has 0 aliphatic rings. The van der Waals surface area contributed by atoms with E-state index >= 15 is 0 Å². The molecule has 2 nitrogen and oxygen atoms in total. The van der Waals surface area contributed by atoms with Gasteiger partial charge in [0.2, 0.25) is 0 Å². The molecule has 0 unspecified atom stereocenters. The molecular weight excluding hydrogens is 191 g/mol. The van der Waals surface area contributed by atoms with Crippen molar-refractivity contribution >= 4 is 12.4 Å². The molecule has 0 fully saturated rings. The van der Waals surface area contributed by atoms with Crippen molar-refractivity contribution in [1.82, 2.24) is 0 Å². The second-order valence-corrected chi connectivity index (χ2v) is 2.64. The topological polar surface area (TPSA) is 49.8 Å². The zero-order valence-corrected chi connectivity index (χ0v) is 7.94. The second kappa shape index (κ2) is 4.80. The quantitative estimate of drug-likeness (QED) is 0.755. The molecule has 13 heavy (non-hydrogen) atoms. The third kappa shape index (κ3) is 2.69. The Morgan fingerprint density at radius 3 is 2.54 bits per heavy atom. The first-order chi connectivity index (χ1) is 5.65. The van der Waals surface area contributed by atoms with E-state index in [0.717, 1.165) is 0 Å². The van der Waals surface area contributed by atoms with Gasteiger partial charge in [0, 0.05) is 11.6 Å². The van der Waals surface area contributed by atoms with Crippen molar-refractivity contribution in [1.29, 1.82) is 5.26 Å². The molecule has 0 spiro atoms. The minimum Gasteiger partial charge on any atom is -0.324 e. The van der Waals surface area contributed by atoms with Crippen LogP contribution in [0.2, 0.25) is 0 Å². The molecule has 1 rings (SSSR count). The summed E-state index contributed by atoms with van der Waals surface area (Å²) in [6.07, 6.45) is 0. The van der Waals surface area contributed by atoms with Gasteiger partial charge in [-0.15, -0.1) is 12.4 Å². The van der Waals surface area contributed by atoms with E-state index in [1.165, 1.54) is 6.07 Å². The van der Waals surface area contributed by atoms with E-state index in [1.54, 1.807) is 19.1 Å². The van der Waals surface area contributed by atoms with Crippen molar-refractivity contribution in [2.45, 2.75) is 13.0 Å². The zero-order valence-electron chi connectivity index (χ0n) is 7.12. The molecule has 0 aliphatic carbocycles. The minimum atomic E-state index is -0.413. The molecule has 1 atom stereocenters. The summed E-state index contributed by atoms with van der Waals surface area (Å²) in [5, 5.41) is 8.44. The van der Waals surface area contributed by atoms with Crippen LogP contribution in [0.4, 0.5) is 4.39 Å². The number of hydrogen-bond acceptors (Lipinski definition) is 2. The van der Waals surface area contributed by atoms with Crippen molar-refractivity contribution in [3.63, 3.8) is 0 Å². The fourth-order valence-electron chi connectivity index (χ4n) is 0.966. The molecule has 0 heterocycles. The first-order valence-corrected chi connectivity index (χ1v) is 3.60. The van der Waals surface area contributed by atoms with Crippen LogP contribution >= 0.6 is 12.4 Å². The van der Waals surface area contributed by atoms with Gasteiger partial charge in [-0.25, -0.2) is 4.39 Å². The standard InChI is InChI=1S/C9H9FN2.ClH/c1-6(12)8-3-2-7(5-11)4-9(8)10;/h2-4,6H,12H2,1H3;1H/t6-;/m1./s1. The lowest BCUT2D eigenvalue weighted by Gasteiger charge is -2.05. The normalized spacial score (nSPS) is 11.2. The molecule has 1 aromatic carbocycles. The van der Waals surface area contributed by atoms with E-state index < -0.39 is 5.82 Å². The smallest absolute Gasteiger partial charge is 0.129 e. The zero-order chi connectivity index (χ0) is 9.14. The summed E-state index contributed by atoms with van der Waals surface area (Å²) in [6.45, 7) is 1.70. The second-order valence-electron chi connectivity index (χ2n) is 2.64. The van der Waals surface area contributed by atoms with Gasteiger partial charge in [0.15, 0.2) is 0 Å². The molecule has 0 saturated carbocycles. The number of nitrogens with two attached hydrogens (primary N) is 1. The number of hydrogen-bond donors (Lipinski definition) is 1. The van der Waals surface area contributed by atoms with Crippen LogP contribution in [0.1, 0.15) is 24.1 Å². The third-order valence-electron chi connectivity index (χ3n) is 1.62. The highest BCUT2D eigenvalue weighted by atomic mass is 35.5. The van der Waals surface area contributed by atoms with Gasteiger partial charge >= 0.3 is 0 Å². The van der Waals surface area contributed by atoms with E-state index in [-0.39, 0.29) is 18.4 Å². The van der Waals surface area contributed by atoms with E-state index in [9.17, 15) is 4.39 Å². The van der Waals surface area contributed by atoms with E-state index in [1.807, 2.05) is 6.07 Å². The Labute approximate surface area is 82.6 Å². The molecule has 0 saturated heterocycles. The maximum atomic E-state index is 13.1. The Balaban J connectivity index is 0.00000144. The Bertz CT molecular complexity index is 331. The van der Waals surface area contributed by atoms with Crippen molar-refractivity contribution in [3.8, 4) is 6.07 Å². The fourth-order valence-corrected chi connectivity index (χ4v) is 0.966. The monoisotopic (exact) mass is 200 g/mol. The van der Waals surface area contributed by atoms with Gasteiger partial charge in [0.05, 0.1) is 11.6 Å². The van der Waals surface area contributed by atoms with Crippen LogP contribution in [0.15, 0.2) is 18.2 Å². The highest BCUT2D eigenvalue weighted by Crippen LogP contribution is 2.15. The molecule has 0 amide bonds. The Morgan fingerprint density at radius 1 is 1.54 bits per heavy atom. The summed E-state index contributed by atoms with van der Waals surface area (Å²) in [6, 6.07) is 5.81. The Morgan fingerprint density at radius 2 is 2.15 bits per heavy atom. The average Bonchev–Trinajstić information content (AvgIpc) is 2.03. The van der Waals surface area contributed by atoms with Crippen LogP contribution in [0, 0.1) is 17.1 Å². The molecule has 70 valence electrons. The third-order valence-corrected chi connectivity index (χ3v) is 1.62. The molecule has 0 aromatic heterocycles. The van der Waals surface area contributed by atoms with Crippen LogP contribution in [0.25, 0.3) is 0 Å². The largest absolute Gasteiger partial charge is 0.324 e. The van der Waals surface area contributed by atoms with Gasteiger partial charge in [-0.1, -0.05) is 6.07 Å². The SMILES string of the molecule is C[C@@H](N)c1ccc(C#N)cc1F.Cl. The van der Waals surface area contributed by atoms with Crippen LogP contribution < -0.4 is 5.73 Å². The fraction of sp³-hybridized carbons (Fsp3) is 0.222. The lowest BCUT2D eigenvalue weighted by Crippen LogP contribution is -2.07. The Hall–Kier alpha value is -1.11. The van der Waals surface area contributed by atoms with E-state index in [2.05, 4.69) is 0 Å². The first kappa shape index (κ1) is 11.9. The van der Waals surface area contributed by atoms with Gasteiger partial charge in [-0.3, -0.25) is 0 Å². The van der Waals surface area contributed by atoms with Gasteiger partial charge in [-0.05, 0) is 19.1 Å². The highest BCUT2D eigenvalue weighted by molar-refractivity contribution is 5.85.